The van der Waals surface area contributed by atoms with Crippen molar-refractivity contribution in [2.24, 2.45) is 0 Å². The van der Waals surface area contributed by atoms with Crippen LogP contribution < -0.4 is 5.32 Å². The molecule has 4 nitrogen and oxygen atoms in total. The molecule has 1 N–H and O–H groups in total. The van der Waals surface area contributed by atoms with Crippen LogP contribution in [0, 0.1) is 13.8 Å². The van der Waals surface area contributed by atoms with Crippen molar-refractivity contribution in [2.45, 2.75) is 20.8 Å². The average Bonchev–Trinajstić information content (AvgIpc) is 3.19. The third-order valence-electron chi connectivity index (χ3n) is 4.70. The first-order valence-corrected chi connectivity index (χ1v) is 10.6. The third kappa shape index (κ3) is 5.05. The number of carbonyl (C=O) groups is 2. The van der Waals surface area contributed by atoms with Crippen LogP contribution in [0.15, 0.2) is 53.9 Å². The van der Waals surface area contributed by atoms with Crippen LogP contribution in [-0.4, -0.2) is 29.8 Å². The number of carbonyl (C=O) groups excluding carboxylic acids is 2. The Morgan fingerprint density at radius 2 is 1.79 bits per heavy atom. The fourth-order valence-electron chi connectivity index (χ4n) is 3.00. The monoisotopic (exact) mass is 426 g/mol. The first-order valence-electron chi connectivity index (χ1n) is 9.39. The lowest BCUT2D eigenvalue weighted by Gasteiger charge is -2.21. The molecular weight excluding hydrogens is 404 g/mol. The molecule has 6 heteroatoms. The Kier molecular flexibility index (Phi) is 6.72. The Bertz CT molecular complexity index is 1030. The van der Waals surface area contributed by atoms with Crippen molar-refractivity contribution < 1.29 is 9.59 Å². The van der Waals surface area contributed by atoms with Crippen LogP contribution in [0.4, 0.5) is 5.69 Å². The van der Waals surface area contributed by atoms with Gasteiger partial charge in [-0.1, -0.05) is 47.5 Å². The normalized spacial score (nSPS) is 10.6. The van der Waals surface area contributed by atoms with Gasteiger partial charge < -0.3 is 10.2 Å². The van der Waals surface area contributed by atoms with E-state index in [1.807, 2.05) is 62.5 Å². The molecule has 150 valence electrons. The van der Waals surface area contributed by atoms with Crippen molar-refractivity contribution >= 4 is 40.4 Å². The number of aryl methyl sites for hydroxylation is 2. The highest BCUT2D eigenvalue weighted by molar-refractivity contribution is 7.12. The first kappa shape index (κ1) is 21.1. The molecule has 0 aliphatic carbocycles. The van der Waals surface area contributed by atoms with Gasteiger partial charge in [0, 0.05) is 22.8 Å². The molecule has 3 rings (SSSR count). The van der Waals surface area contributed by atoms with Gasteiger partial charge in [-0.15, -0.1) is 11.3 Å². The topological polar surface area (TPSA) is 49.4 Å². The predicted octanol–water partition coefficient (Wildman–Crippen LogP) is 5.79. The number of likely N-dealkylation sites (N-methyl/N-ethyl adjacent to an activating group) is 1. The summed E-state index contributed by atoms with van der Waals surface area (Å²) >= 11 is 7.42. The number of nitrogens with zero attached hydrogens (tertiary/aromatic N) is 1. The standard InChI is InChI=1S/C23H23ClN2O2S/c1-4-26(14-21(27)25-20-13-18(24)10-7-16(20)3)23(28)22-19(11-12-29-22)17-8-5-15(2)6-9-17/h5-13H,4,14H2,1-3H3,(H,25,27). The Labute approximate surface area is 180 Å². The summed E-state index contributed by atoms with van der Waals surface area (Å²) < 4.78 is 0. The summed E-state index contributed by atoms with van der Waals surface area (Å²) in [5.41, 5.74) is 4.62. The molecule has 0 spiro atoms. The molecule has 1 heterocycles. The van der Waals surface area contributed by atoms with Crippen molar-refractivity contribution in [3.8, 4) is 11.1 Å². The van der Waals surface area contributed by atoms with E-state index in [0.29, 0.717) is 22.1 Å². The molecule has 0 radical (unpaired) electrons. The van der Waals surface area contributed by atoms with E-state index in [0.717, 1.165) is 16.7 Å². The molecule has 1 aromatic heterocycles. The van der Waals surface area contributed by atoms with Crippen molar-refractivity contribution in [2.75, 3.05) is 18.4 Å². The maximum atomic E-state index is 13.1. The third-order valence-corrected chi connectivity index (χ3v) is 5.84. The highest BCUT2D eigenvalue weighted by atomic mass is 35.5. The molecule has 0 aliphatic heterocycles. The maximum absolute atomic E-state index is 13.1. The van der Waals surface area contributed by atoms with E-state index < -0.39 is 0 Å². The first-order chi connectivity index (χ1) is 13.9. The number of benzene rings is 2. The van der Waals surface area contributed by atoms with Crippen molar-refractivity contribution in [1.29, 1.82) is 0 Å². The molecule has 0 fully saturated rings. The van der Waals surface area contributed by atoms with Gasteiger partial charge in [0.1, 0.15) is 6.54 Å². The minimum absolute atomic E-state index is 0.0213. The molecule has 3 aromatic rings. The van der Waals surface area contributed by atoms with Gasteiger partial charge in [-0.3, -0.25) is 9.59 Å². The number of nitrogens with one attached hydrogen (secondary N) is 1. The number of rotatable bonds is 6. The maximum Gasteiger partial charge on any atom is 0.265 e. The van der Waals surface area contributed by atoms with Crippen LogP contribution in [-0.2, 0) is 4.79 Å². The van der Waals surface area contributed by atoms with Crippen molar-refractivity contribution in [3.05, 3.63) is 74.9 Å². The zero-order valence-corrected chi connectivity index (χ0v) is 18.2. The molecule has 29 heavy (non-hydrogen) atoms. The summed E-state index contributed by atoms with van der Waals surface area (Å²) in [6.45, 7) is 6.21. The molecule has 2 amide bonds. The van der Waals surface area contributed by atoms with Gasteiger partial charge in [0.2, 0.25) is 5.91 Å². The van der Waals surface area contributed by atoms with Gasteiger partial charge in [0.25, 0.3) is 5.91 Å². The fraction of sp³-hybridized carbons (Fsp3) is 0.217. The largest absolute Gasteiger partial charge is 0.329 e. The lowest BCUT2D eigenvalue weighted by molar-refractivity contribution is -0.116. The number of amides is 2. The lowest BCUT2D eigenvalue weighted by atomic mass is 10.0. The van der Waals surface area contributed by atoms with Crippen LogP contribution in [0.1, 0.15) is 27.7 Å². The molecule has 0 aliphatic rings. The number of hydrogen-bond acceptors (Lipinski definition) is 3. The SMILES string of the molecule is CCN(CC(=O)Nc1cc(Cl)ccc1C)C(=O)c1sccc1-c1ccc(C)cc1. The number of anilines is 1. The zero-order valence-electron chi connectivity index (χ0n) is 16.7. The Balaban J connectivity index is 1.76. The minimum atomic E-state index is -0.251. The molecule has 0 atom stereocenters. The summed E-state index contributed by atoms with van der Waals surface area (Å²) in [6, 6.07) is 15.4. The summed E-state index contributed by atoms with van der Waals surface area (Å²) in [5.74, 6) is -0.393. The van der Waals surface area contributed by atoms with E-state index in [-0.39, 0.29) is 18.4 Å². The summed E-state index contributed by atoms with van der Waals surface area (Å²) in [5, 5.41) is 5.31. The van der Waals surface area contributed by atoms with E-state index in [1.165, 1.54) is 16.9 Å². The highest BCUT2D eigenvalue weighted by Crippen LogP contribution is 2.30. The van der Waals surface area contributed by atoms with Crippen LogP contribution in [0.2, 0.25) is 5.02 Å². The molecule has 0 saturated heterocycles. The predicted molar refractivity (Wildman–Crippen MR) is 121 cm³/mol. The summed E-state index contributed by atoms with van der Waals surface area (Å²) in [7, 11) is 0. The van der Waals surface area contributed by atoms with Gasteiger partial charge in [-0.05, 0) is 55.5 Å². The van der Waals surface area contributed by atoms with Gasteiger partial charge in [-0.2, -0.15) is 0 Å². The smallest absolute Gasteiger partial charge is 0.265 e. The molecule has 0 bridgehead atoms. The van der Waals surface area contributed by atoms with Crippen LogP contribution in [0.3, 0.4) is 0 Å². The number of hydrogen-bond donors (Lipinski definition) is 1. The molecule has 0 saturated carbocycles. The van der Waals surface area contributed by atoms with Crippen molar-refractivity contribution in [1.82, 2.24) is 4.90 Å². The van der Waals surface area contributed by atoms with Gasteiger partial charge >= 0.3 is 0 Å². The fourth-order valence-corrected chi connectivity index (χ4v) is 4.05. The van der Waals surface area contributed by atoms with Crippen LogP contribution in [0.25, 0.3) is 11.1 Å². The van der Waals surface area contributed by atoms with Crippen LogP contribution in [0.5, 0.6) is 0 Å². The van der Waals surface area contributed by atoms with Gasteiger partial charge in [0.05, 0.1) is 4.88 Å². The second-order valence-corrected chi connectivity index (χ2v) is 8.21. The minimum Gasteiger partial charge on any atom is -0.329 e. The van der Waals surface area contributed by atoms with E-state index in [4.69, 9.17) is 11.6 Å². The summed E-state index contributed by atoms with van der Waals surface area (Å²) in [6.07, 6.45) is 0. The quantitative estimate of drug-likeness (QED) is 0.542. The van der Waals surface area contributed by atoms with E-state index >= 15 is 0 Å². The number of halogens is 1. The average molecular weight is 427 g/mol. The van der Waals surface area contributed by atoms with E-state index in [1.54, 1.807) is 17.0 Å². The Hall–Kier alpha value is -2.63. The lowest BCUT2D eigenvalue weighted by Crippen LogP contribution is -2.37. The van der Waals surface area contributed by atoms with Gasteiger partial charge in [0.15, 0.2) is 0 Å². The highest BCUT2D eigenvalue weighted by Gasteiger charge is 2.22. The molecule has 2 aromatic carbocycles. The molecular formula is C23H23ClN2O2S. The van der Waals surface area contributed by atoms with E-state index in [2.05, 4.69) is 5.32 Å². The van der Waals surface area contributed by atoms with Crippen molar-refractivity contribution in [3.63, 3.8) is 0 Å². The Morgan fingerprint density at radius 3 is 2.48 bits per heavy atom. The van der Waals surface area contributed by atoms with Crippen LogP contribution >= 0.6 is 22.9 Å². The zero-order chi connectivity index (χ0) is 21.0. The Morgan fingerprint density at radius 1 is 1.07 bits per heavy atom. The molecule has 0 unspecified atom stereocenters. The van der Waals surface area contributed by atoms with E-state index in [9.17, 15) is 9.59 Å². The number of thiophene rings is 1. The second kappa shape index (κ2) is 9.25. The van der Waals surface area contributed by atoms with Gasteiger partial charge in [-0.25, -0.2) is 0 Å². The second-order valence-electron chi connectivity index (χ2n) is 6.86. The summed E-state index contributed by atoms with van der Waals surface area (Å²) in [4.78, 5) is 27.9.